The summed E-state index contributed by atoms with van der Waals surface area (Å²) in [5.74, 6) is -2.61. The van der Waals surface area contributed by atoms with Gasteiger partial charge in [-0.15, -0.1) is 0 Å². The fourth-order valence-electron chi connectivity index (χ4n) is 3.26. The van der Waals surface area contributed by atoms with Crippen molar-refractivity contribution in [2.75, 3.05) is 26.2 Å². The Balaban J connectivity index is 1.99. The van der Waals surface area contributed by atoms with Crippen molar-refractivity contribution in [3.05, 3.63) is 0 Å². The number of hydrogen-bond acceptors (Lipinski definition) is 3. The van der Waals surface area contributed by atoms with Crippen LogP contribution in [0, 0.1) is 0 Å². The number of halogens is 2. The Morgan fingerprint density at radius 1 is 1.17 bits per heavy atom. The van der Waals surface area contributed by atoms with Gasteiger partial charge in [-0.05, 0) is 26.7 Å². The van der Waals surface area contributed by atoms with E-state index in [0.29, 0.717) is 25.6 Å². The van der Waals surface area contributed by atoms with Gasteiger partial charge in [0, 0.05) is 44.7 Å². The molecule has 5 heteroatoms. The van der Waals surface area contributed by atoms with E-state index in [1.54, 1.807) is 0 Å². The van der Waals surface area contributed by atoms with Gasteiger partial charge in [0.2, 0.25) is 0 Å². The molecule has 0 aromatic rings. The van der Waals surface area contributed by atoms with Crippen molar-refractivity contribution in [1.82, 2.24) is 9.80 Å². The molecule has 2 atom stereocenters. The molecule has 0 bridgehead atoms. The van der Waals surface area contributed by atoms with Crippen LogP contribution in [0.2, 0.25) is 0 Å². The van der Waals surface area contributed by atoms with E-state index in [4.69, 9.17) is 5.73 Å². The van der Waals surface area contributed by atoms with Gasteiger partial charge in [-0.2, -0.15) is 0 Å². The third-order valence-electron chi connectivity index (χ3n) is 4.36. The standard InChI is InChI=1S/C13H25F2N3/c1-10(2)17-6-8-18(9-7-17)12-11(16)4-3-5-13(12,14)15/h10-12H,3-9,16H2,1-2H3/t11-,12?/m1/s1. The number of rotatable bonds is 2. The first-order valence-corrected chi connectivity index (χ1v) is 7.03. The maximum Gasteiger partial charge on any atom is 0.264 e. The van der Waals surface area contributed by atoms with Crippen LogP contribution in [0.4, 0.5) is 8.78 Å². The lowest BCUT2D eigenvalue weighted by Crippen LogP contribution is -2.63. The molecule has 2 aliphatic rings. The largest absolute Gasteiger partial charge is 0.326 e. The van der Waals surface area contributed by atoms with E-state index in [0.717, 1.165) is 19.5 Å². The highest BCUT2D eigenvalue weighted by Gasteiger charge is 2.49. The molecule has 1 aliphatic carbocycles. The summed E-state index contributed by atoms with van der Waals surface area (Å²) >= 11 is 0. The Morgan fingerprint density at radius 3 is 2.28 bits per heavy atom. The first-order chi connectivity index (χ1) is 8.42. The van der Waals surface area contributed by atoms with Gasteiger partial charge in [-0.1, -0.05) is 0 Å². The minimum absolute atomic E-state index is 0.00420. The quantitative estimate of drug-likeness (QED) is 0.818. The van der Waals surface area contributed by atoms with Crippen molar-refractivity contribution >= 4 is 0 Å². The summed E-state index contributed by atoms with van der Waals surface area (Å²) in [5, 5.41) is 0. The van der Waals surface area contributed by atoms with Gasteiger partial charge < -0.3 is 5.73 Å². The molecule has 0 aromatic heterocycles. The molecule has 0 amide bonds. The fourth-order valence-corrected chi connectivity index (χ4v) is 3.26. The smallest absolute Gasteiger partial charge is 0.264 e. The first kappa shape index (κ1) is 14.2. The highest BCUT2D eigenvalue weighted by molar-refractivity contribution is 4.98. The van der Waals surface area contributed by atoms with Crippen LogP contribution in [-0.2, 0) is 0 Å². The van der Waals surface area contributed by atoms with Gasteiger partial charge >= 0.3 is 0 Å². The monoisotopic (exact) mass is 261 g/mol. The lowest BCUT2D eigenvalue weighted by atomic mass is 9.86. The molecule has 3 nitrogen and oxygen atoms in total. The van der Waals surface area contributed by atoms with E-state index in [1.165, 1.54) is 0 Å². The molecular formula is C13H25F2N3. The van der Waals surface area contributed by atoms with Crippen molar-refractivity contribution in [3.63, 3.8) is 0 Å². The summed E-state index contributed by atoms with van der Waals surface area (Å²) in [6.45, 7) is 7.47. The van der Waals surface area contributed by atoms with E-state index in [9.17, 15) is 8.78 Å². The molecule has 1 saturated heterocycles. The van der Waals surface area contributed by atoms with Crippen molar-refractivity contribution in [2.24, 2.45) is 5.73 Å². The van der Waals surface area contributed by atoms with Gasteiger partial charge in [0.25, 0.3) is 5.92 Å². The van der Waals surface area contributed by atoms with Gasteiger partial charge in [-0.3, -0.25) is 9.80 Å². The van der Waals surface area contributed by atoms with Crippen molar-refractivity contribution in [3.8, 4) is 0 Å². The summed E-state index contributed by atoms with van der Waals surface area (Å²) in [6.07, 6.45) is 1.27. The normalized spacial score (nSPS) is 35.0. The zero-order chi connectivity index (χ0) is 13.3. The maximum absolute atomic E-state index is 14.0. The van der Waals surface area contributed by atoms with Crippen molar-refractivity contribution < 1.29 is 8.78 Å². The highest BCUT2D eigenvalue weighted by Crippen LogP contribution is 2.36. The van der Waals surface area contributed by atoms with Crippen molar-refractivity contribution in [2.45, 2.75) is 57.2 Å². The van der Waals surface area contributed by atoms with Crippen LogP contribution >= 0.6 is 0 Å². The molecule has 0 spiro atoms. The van der Waals surface area contributed by atoms with E-state index >= 15 is 0 Å². The summed E-state index contributed by atoms with van der Waals surface area (Å²) in [5.41, 5.74) is 5.94. The van der Waals surface area contributed by atoms with E-state index in [2.05, 4.69) is 18.7 Å². The molecule has 106 valence electrons. The number of hydrogen-bond donors (Lipinski definition) is 1. The van der Waals surface area contributed by atoms with E-state index in [-0.39, 0.29) is 12.5 Å². The molecule has 0 radical (unpaired) electrons. The van der Waals surface area contributed by atoms with Crippen LogP contribution in [-0.4, -0.2) is 60.0 Å². The number of alkyl halides is 2. The highest BCUT2D eigenvalue weighted by atomic mass is 19.3. The van der Waals surface area contributed by atoms with Gasteiger partial charge in [0.15, 0.2) is 0 Å². The SMILES string of the molecule is CC(C)N1CCN(C2[C@H](N)CCCC2(F)F)CC1. The summed E-state index contributed by atoms with van der Waals surface area (Å²) < 4.78 is 28.0. The summed E-state index contributed by atoms with van der Waals surface area (Å²) in [7, 11) is 0. The molecule has 1 heterocycles. The molecule has 1 aliphatic heterocycles. The molecular weight excluding hydrogens is 236 g/mol. The number of piperazine rings is 1. The molecule has 2 rings (SSSR count). The van der Waals surface area contributed by atoms with E-state index < -0.39 is 12.0 Å². The van der Waals surface area contributed by atoms with Crippen LogP contribution in [0.25, 0.3) is 0 Å². The summed E-state index contributed by atoms with van der Waals surface area (Å²) in [4.78, 5) is 4.26. The zero-order valence-corrected chi connectivity index (χ0v) is 11.4. The van der Waals surface area contributed by atoms with Gasteiger partial charge in [-0.25, -0.2) is 8.78 Å². The Bertz CT molecular complexity index is 275. The molecule has 1 saturated carbocycles. The van der Waals surface area contributed by atoms with Crippen LogP contribution in [0.1, 0.15) is 33.1 Å². The average molecular weight is 261 g/mol. The lowest BCUT2D eigenvalue weighted by molar-refractivity contribution is -0.121. The minimum Gasteiger partial charge on any atom is -0.326 e. The third kappa shape index (κ3) is 2.83. The number of nitrogens with zero attached hydrogens (tertiary/aromatic N) is 2. The second kappa shape index (κ2) is 5.39. The first-order valence-electron chi connectivity index (χ1n) is 7.03. The second-order valence-corrected chi connectivity index (χ2v) is 5.93. The maximum atomic E-state index is 14.0. The Hall–Kier alpha value is -0.260. The fraction of sp³-hybridized carbons (Fsp3) is 1.00. The third-order valence-corrected chi connectivity index (χ3v) is 4.36. The minimum atomic E-state index is -2.61. The van der Waals surface area contributed by atoms with E-state index in [1.807, 2.05) is 4.90 Å². The van der Waals surface area contributed by atoms with Gasteiger partial charge in [0.1, 0.15) is 0 Å². The average Bonchev–Trinajstić information content (AvgIpc) is 2.28. The summed E-state index contributed by atoms with van der Waals surface area (Å²) in [6, 6.07) is -0.632. The predicted octanol–water partition coefficient (Wildman–Crippen LogP) is 1.53. The van der Waals surface area contributed by atoms with Crippen LogP contribution < -0.4 is 5.73 Å². The Morgan fingerprint density at radius 2 is 1.78 bits per heavy atom. The van der Waals surface area contributed by atoms with Crippen LogP contribution in [0.15, 0.2) is 0 Å². The second-order valence-electron chi connectivity index (χ2n) is 5.93. The molecule has 2 N–H and O–H groups in total. The lowest BCUT2D eigenvalue weighted by Gasteiger charge is -2.47. The Kier molecular flexibility index (Phi) is 4.24. The molecule has 18 heavy (non-hydrogen) atoms. The molecule has 2 fully saturated rings. The Labute approximate surface area is 108 Å². The van der Waals surface area contributed by atoms with Crippen LogP contribution in [0.5, 0.6) is 0 Å². The predicted molar refractivity (Wildman–Crippen MR) is 68.8 cm³/mol. The molecule has 0 aromatic carbocycles. The zero-order valence-electron chi connectivity index (χ0n) is 11.4. The topological polar surface area (TPSA) is 32.5 Å². The molecule has 1 unspecified atom stereocenters. The van der Waals surface area contributed by atoms with Gasteiger partial charge in [0.05, 0.1) is 6.04 Å². The van der Waals surface area contributed by atoms with Crippen molar-refractivity contribution in [1.29, 1.82) is 0 Å². The number of nitrogens with two attached hydrogens (primary N) is 1. The van der Waals surface area contributed by atoms with Crippen LogP contribution in [0.3, 0.4) is 0 Å².